The molecule has 1 atom stereocenters. The molecule has 6 nitrogen and oxygen atoms in total. The molecule has 0 saturated heterocycles. The molecule has 7 heteroatoms. The molecule has 0 radical (unpaired) electrons. The minimum absolute atomic E-state index is 0.218. The van der Waals surface area contributed by atoms with Crippen LogP contribution in [0.4, 0.5) is 0 Å². The molecule has 0 bridgehead atoms. The van der Waals surface area contributed by atoms with Gasteiger partial charge in [0.05, 0.1) is 12.4 Å². The number of nitrogens with one attached hydrogen (secondary N) is 2. The Balaban J connectivity index is 2.46. The van der Waals surface area contributed by atoms with Gasteiger partial charge in [0.1, 0.15) is 6.04 Å². The van der Waals surface area contributed by atoms with Crippen LogP contribution in [0.25, 0.3) is 0 Å². The minimum Gasteiger partial charge on any atom is -0.393 e. The zero-order valence-corrected chi connectivity index (χ0v) is 12.5. The molecule has 1 fully saturated rings. The van der Waals surface area contributed by atoms with Crippen molar-refractivity contribution in [3.05, 3.63) is 0 Å². The van der Waals surface area contributed by atoms with Gasteiger partial charge in [0, 0.05) is 6.54 Å². The van der Waals surface area contributed by atoms with Gasteiger partial charge >= 0.3 is 0 Å². The fourth-order valence-corrected chi connectivity index (χ4v) is 2.89. The third-order valence-corrected chi connectivity index (χ3v) is 3.87. The molecule has 19 heavy (non-hydrogen) atoms. The van der Waals surface area contributed by atoms with Crippen molar-refractivity contribution in [1.29, 1.82) is 0 Å². The summed E-state index contributed by atoms with van der Waals surface area (Å²) in [6.45, 7) is 4.37. The van der Waals surface area contributed by atoms with Crippen molar-refractivity contribution in [2.75, 3.05) is 12.8 Å². The molecule has 1 unspecified atom stereocenters. The monoisotopic (exact) mass is 292 g/mol. The van der Waals surface area contributed by atoms with Gasteiger partial charge in [-0.2, -0.15) is 0 Å². The Morgan fingerprint density at radius 3 is 2.37 bits per heavy atom. The summed E-state index contributed by atoms with van der Waals surface area (Å²) >= 11 is 0. The van der Waals surface area contributed by atoms with Gasteiger partial charge in [0.15, 0.2) is 0 Å². The highest BCUT2D eigenvalue weighted by Crippen LogP contribution is 2.26. The second-order valence-corrected chi connectivity index (χ2v) is 7.59. The molecule has 1 aliphatic carbocycles. The van der Waals surface area contributed by atoms with Gasteiger partial charge in [-0.05, 0) is 31.1 Å². The summed E-state index contributed by atoms with van der Waals surface area (Å²) in [5, 5.41) is 11.9. The highest BCUT2D eigenvalue weighted by molar-refractivity contribution is 7.88. The van der Waals surface area contributed by atoms with Crippen LogP contribution < -0.4 is 10.0 Å². The normalized spacial score (nSPS) is 24.9. The van der Waals surface area contributed by atoms with E-state index in [2.05, 4.69) is 10.0 Å². The maximum absolute atomic E-state index is 12.0. The molecule has 1 aliphatic rings. The summed E-state index contributed by atoms with van der Waals surface area (Å²) in [4.78, 5) is 12.0. The largest absolute Gasteiger partial charge is 0.393 e. The summed E-state index contributed by atoms with van der Waals surface area (Å²) in [7, 11) is -3.40. The molecule has 0 heterocycles. The van der Waals surface area contributed by atoms with Gasteiger partial charge in [-0.15, -0.1) is 0 Å². The van der Waals surface area contributed by atoms with E-state index in [1.165, 1.54) is 0 Å². The second kappa shape index (κ2) is 6.67. The number of sulfonamides is 1. The van der Waals surface area contributed by atoms with Crippen molar-refractivity contribution in [3.8, 4) is 0 Å². The molecule has 1 amide bonds. The number of rotatable bonds is 7. The van der Waals surface area contributed by atoms with Crippen molar-refractivity contribution in [1.82, 2.24) is 10.0 Å². The molecule has 0 aromatic heterocycles. The maximum Gasteiger partial charge on any atom is 0.238 e. The van der Waals surface area contributed by atoms with Gasteiger partial charge in [0.25, 0.3) is 0 Å². The summed E-state index contributed by atoms with van der Waals surface area (Å²) in [5.74, 6) is 0.230. The zero-order valence-electron chi connectivity index (χ0n) is 11.7. The van der Waals surface area contributed by atoms with E-state index < -0.39 is 16.1 Å². The van der Waals surface area contributed by atoms with Gasteiger partial charge < -0.3 is 10.4 Å². The predicted molar refractivity (Wildman–Crippen MR) is 73.0 cm³/mol. The molecule has 1 rings (SSSR count). The maximum atomic E-state index is 12.0. The third kappa shape index (κ3) is 6.35. The van der Waals surface area contributed by atoms with Crippen molar-refractivity contribution >= 4 is 15.9 Å². The van der Waals surface area contributed by atoms with E-state index in [1.807, 2.05) is 13.8 Å². The SMILES string of the molecule is CC(C)CC(NS(C)(=O)=O)C(=O)NCC1CC(O)C1. The van der Waals surface area contributed by atoms with E-state index in [0.717, 1.165) is 6.26 Å². The average molecular weight is 292 g/mol. The van der Waals surface area contributed by atoms with Crippen molar-refractivity contribution in [2.45, 2.75) is 45.3 Å². The summed E-state index contributed by atoms with van der Waals surface area (Å²) in [6, 6.07) is -0.722. The molecule has 0 aliphatic heterocycles. The average Bonchev–Trinajstić information content (AvgIpc) is 2.18. The Morgan fingerprint density at radius 2 is 1.95 bits per heavy atom. The van der Waals surface area contributed by atoms with E-state index in [9.17, 15) is 13.2 Å². The molecule has 3 N–H and O–H groups in total. The van der Waals surface area contributed by atoms with E-state index >= 15 is 0 Å². The molecule has 1 saturated carbocycles. The lowest BCUT2D eigenvalue weighted by atomic mass is 9.82. The van der Waals surface area contributed by atoms with E-state index in [1.54, 1.807) is 0 Å². The first-order chi connectivity index (χ1) is 8.67. The van der Waals surface area contributed by atoms with E-state index in [-0.39, 0.29) is 17.9 Å². The number of hydrogen-bond donors (Lipinski definition) is 3. The van der Waals surface area contributed by atoms with Crippen molar-refractivity contribution < 1.29 is 18.3 Å². The number of amides is 1. The lowest BCUT2D eigenvalue weighted by molar-refractivity contribution is -0.123. The molecular formula is C12H24N2O4S. The van der Waals surface area contributed by atoms with Crippen LogP contribution in [0, 0.1) is 11.8 Å². The van der Waals surface area contributed by atoms with Crippen LogP contribution in [0.2, 0.25) is 0 Å². The first kappa shape index (κ1) is 16.4. The van der Waals surface area contributed by atoms with Crippen LogP contribution in [0.5, 0.6) is 0 Å². The Morgan fingerprint density at radius 1 is 1.37 bits per heavy atom. The van der Waals surface area contributed by atoms with Gasteiger partial charge in [-0.25, -0.2) is 13.1 Å². The Labute approximate surface area is 115 Å². The second-order valence-electron chi connectivity index (χ2n) is 5.81. The summed E-state index contributed by atoms with van der Waals surface area (Å²) in [5.41, 5.74) is 0. The number of carbonyl (C=O) groups excluding carboxylic acids is 1. The lowest BCUT2D eigenvalue weighted by Crippen LogP contribution is -2.49. The van der Waals surface area contributed by atoms with Crippen LogP contribution in [-0.2, 0) is 14.8 Å². The van der Waals surface area contributed by atoms with Crippen LogP contribution in [0.15, 0.2) is 0 Å². The van der Waals surface area contributed by atoms with Gasteiger partial charge in [0.2, 0.25) is 15.9 Å². The van der Waals surface area contributed by atoms with Crippen LogP contribution in [-0.4, -0.2) is 44.4 Å². The fourth-order valence-electron chi connectivity index (χ4n) is 2.17. The Bertz CT molecular complexity index is 402. The molecule has 0 aromatic carbocycles. The first-order valence-corrected chi connectivity index (χ1v) is 8.49. The quantitative estimate of drug-likeness (QED) is 0.607. The number of aliphatic hydroxyl groups is 1. The summed E-state index contributed by atoms with van der Waals surface area (Å²) < 4.78 is 24.9. The lowest BCUT2D eigenvalue weighted by Gasteiger charge is -2.32. The van der Waals surface area contributed by atoms with Crippen molar-refractivity contribution in [3.63, 3.8) is 0 Å². The zero-order chi connectivity index (χ0) is 14.6. The van der Waals surface area contributed by atoms with E-state index in [0.29, 0.717) is 31.7 Å². The molecule has 112 valence electrons. The highest BCUT2D eigenvalue weighted by atomic mass is 32.2. The standard InChI is InChI=1S/C12H24N2O4S/c1-8(2)4-11(14-19(3,17)18)12(16)13-7-9-5-10(15)6-9/h8-11,14-15H,4-7H2,1-3H3,(H,13,16). The van der Waals surface area contributed by atoms with Crippen LogP contribution in [0.3, 0.4) is 0 Å². The third-order valence-electron chi connectivity index (χ3n) is 3.16. The van der Waals surface area contributed by atoms with Crippen LogP contribution in [0.1, 0.15) is 33.1 Å². The summed E-state index contributed by atoms with van der Waals surface area (Å²) in [6.07, 6.45) is 2.67. The first-order valence-electron chi connectivity index (χ1n) is 6.60. The van der Waals surface area contributed by atoms with E-state index in [4.69, 9.17) is 5.11 Å². The molecule has 0 aromatic rings. The van der Waals surface area contributed by atoms with Gasteiger partial charge in [-0.1, -0.05) is 13.8 Å². The minimum atomic E-state index is -3.40. The highest BCUT2D eigenvalue weighted by Gasteiger charge is 2.29. The van der Waals surface area contributed by atoms with Crippen molar-refractivity contribution in [2.24, 2.45) is 11.8 Å². The number of carbonyl (C=O) groups is 1. The fraction of sp³-hybridized carbons (Fsp3) is 0.917. The molecular weight excluding hydrogens is 268 g/mol. The number of aliphatic hydroxyl groups excluding tert-OH is 1. The Hall–Kier alpha value is -0.660. The van der Waals surface area contributed by atoms with Crippen LogP contribution >= 0.6 is 0 Å². The number of hydrogen-bond acceptors (Lipinski definition) is 4. The topological polar surface area (TPSA) is 95.5 Å². The Kier molecular flexibility index (Phi) is 5.76. The molecule has 0 spiro atoms. The smallest absolute Gasteiger partial charge is 0.238 e. The predicted octanol–water partition coefficient (Wildman–Crippen LogP) is -0.163. The van der Waals surface area contributed by atoms with Gasteiger partial charge in [-0.3, -0.25) is 4.79 Å².